The molecule has 0 radical (unpaired) electrons. The molecule has 0 unspecified atom stereocenters. The Morgan fingerprint density at radius 2 is 1.74 bits per heavy atom. The van der Waals surface area contributed by atoms with Crippen molar-refractivity contribution in [2.75, 3.05) is 6.54 Å². The predicted octanol–water partition coefficient (Wildman–Crippen LogP) is 3.22. The van der Waals surface area contributed by atoms with E-state index in [2.05, 4.69) is 35.6 Å². The lowest BCUT2D eigenvalue weighted by Crippen LogP contribution is -2.49. The Bertz CT molecular complexity index is 391. The molecule has 2 nitrogen and oxygen atoms in total. The molecule has 1 aromatic rings. The smallest absolute Gasteiger partial charge is 0.0771 e. The molecule has 1 aromatic carbocycles. The molecule has 0 spiro atoms. The molecule has 0 saturated heterocycles. The normalized spacial score (nSPS) is 29.7. The van der Waals surface area contributed by atoms with Gasteiger partial charge in [-0.25, -0.2) is 0 Å². The largest absolute Gasteiger partial charge is 0.389 e. The van der Waals surface area contributed by atoms with Crippen molar-refractivity contribution in [3.63, 3.8) is 0 Å². The monoisotopic (exact) mass is 259 g/mol. The maximum atomic E-state index is 10.1. The highest BCUT2D eigenvalue weighted by Crippen LogP contribution is 2.34. The van der Waals surface area contributed by atoms with E-state index in [0.717, 1.165) is 25.3 Å². The van der Waals surface area contributed by atoms with Crippen molar-refractivity contribution in [3.8, 4) is 0 Å². The third-order valence-corrected chi connectivity index (χ3v) is 5.00. The molecule has 0 aliphatic heterocycles. The third kappa shape index (κ3) is 3.18. The Hall–Kier alpha value is -0.860. The van der Waals surface area contributed by atoms with Gasteiger partial charge in [-0.05, 0) is 56.4 Å². The number of hydrogen-bond donors (Lipinski definition) is 2. The van der Waals surface area contributed by atoms with Crippen LogP contribution in [0.2, 0.25) is 0 Å². The van der Waals surface area contributed by atoms with E-state index in [0.29, 0.717) is 6.04 Å². The van der Waals surface area contributed by atoms with Crippen LogP contribution < -0.4 is 5.32 Å². The van der Waals surface area contributed by atoms with E-state index in [9.17, 15) is 5.11 Å². The lowest BCUT2D eigenvalue weighted by atomic mass is 9.79. The van der Waals surface area contributed by atoms with Gasteiger partial charge in [0.1, 0.15) is 0 Å². The molecule has 2 fully saturated rings. The fraction of sp³-hybridized carbons (Fsp3) is 0.647. The summed E-state index contributed by atoms with van der Waals surface area (Å²) in [5.41, 5.74) is 1.12. The first-order valence-corrected chi connectivity index (χ1v) is 7.76. The quantitative estimate of drug-likeness (QED) is 0.870. The van der Waals surface area contributed by atoms with Gasteiger partial charge in [0.2, 0.25) is 0 Å². The highest BCUT2D eigenvalue weighted by molar-refractivity contribution is 5.20. The van der Waals surface area contributed by atoms with E-state index in [-0.39, 0.29) is 5.60 Å². The van der Waals surface area contributed by atoms with Crippen molar-refractivity contribution in [2.24, 2.45) is 0 Å². The Kier molecular flexibility index (Phi) is 3.90. The average Bonchev–Trinajstić information content (AvgIpc) is 2.45. The third-order valence-electron chi connectivity index (χ3n) is 5.00. The zero-order chi connectivity index (χ0) is 13.1. The van der Waals surface area contributed by atoms with Crippen LogP contribution in [0.5, 0.6) is 0 Å². The second-order valence-electron chi connectivity index (χ2n) is 6.42. The zero-order valence-corrected chi connectivity index (χ0v) is 11.6. The van der Waals surface area contributed by atoms with Gasteiger partial charge in [-0.3, -0.25) is 0 Å². The van der Waals surface area contributed by atoms with E-state index < -0.39 is 0 Å². The maximum Gasteiger partial charge on any atom is 0.0771 e. The van der Waals surface area contributed by atoms with Crippen molar-refractivity contribution < 1.29 is 5.11 Å². The fourth-order valence-electron chi connectivity index (χ4n) is 3.45. The van der Waals surface area contributed by atoms with Crippen LogP contribution >= 0.6 is 0 Å². The summed E-state index contributed by atoms with van der Waals surface area (Å²) in [4.78, 5) is 0. The van der Waals surface area contributed by atoms with E-state index in [1.807, 2.05) is 0 Å². The summed E-state index contributed by atoms with van der Waals surface area (Å²) in [7, 11) is 0. The minimum absolute atomic E-state index is 0.379. The second kappa shape index (κ2) is 5.64. The summed E-state index contributed by atoms with van der Waals surface area (Å²) in [6, 6.07) is 11.5. The highest BCUT2D eigenvalue weighted by atomic mass is 16.3. The summed E-state index contributed by atoms with van der Waals surface area (Å²) in [6.45, 7) is 0.799. The molecular formula is C17H25NO. The number of rotatable bonds is 4. The topological polar surface area (TPSA) is 32.3 Å². The standard InChI is InChI=1S/C17H25NO/c19-17(11-4-12-17)13-18-16-9-7-15(8-10-16)14-5-2-1-3-6-14/h1-3,5-6,15-16,18-19H,4,7-13H2. The predicted molar refractivity (Wildman–Crippen MR) is 78.2 cm³/mol. The van der Waals surface area contributed by atoms with Crippen LogP contribution in [-0.4, -0.2) is 23.3 Å². The molecule has 3 rings (SSSR count). The van der Waals surface area contributed by atoms with Gasteiger partial charge in [-0.1, -0.05) is 30.3 Å². The SMILES string of the molecule is OC1(CNC2CCC(c3ccccc3)CC2)CCC1. The number of benzene rings is 1. The maximum absolute atomic E-state index is 10.1. The molecule has 2 heteroatoms. The molecule has 0 atom stereocenters. The minimum Gasteiger partial charge on any atom is -0.389 e. The molecular weight excluding hydrogens is 234 g/mol. The molecule has 0 heterocycles. The molecule has 104 valence electrons. The van der Waals surface area contributed by atoms with Gasteiger partial charge >= 0.3 is 0 Å². The molecule has 19 heavy (non-hydrogen) atoms. The van der Waals surface area contributed by atoms with Crippen molar-refractivity contribution >= 4 is 0 Å². The first kappa shape index (κ1) is 13.1. The van der Waals surface area contributed by atoms with Crippen LogP contribution in [0.1, 0.15) is 56.4 Å². The van der Waals surface area contributed by atoms with Crippen LogP contribution in [0.25, 0.3) is 0 Å². The Labute approximate surface area is 116 Å². The zero-order valence-electron chi connectivity index (χ0n) is 11.6. The Morgan fingerprint density at radius 3 is 2.32 bits per heavy atom. The number of nitrogens with one attached hydrogen (secondary N) is 1. The van der Waals surface area contributed by atoms with Gasteiger partial charge in [-0.2, -0.15) is 0 Å². The molecule has 0 aromatic heterocycles. The first-order valence-electron chi connectivity index (χ1n) is 7.76. The molecule has 2 saturated carbocycles. The van der Waals surface area contributed by atoms with Gasteiger partial charge in [0.05, 0.1) is 5.60 Å². The van der Waals surface area contributed by atoms with Crippen LogP contribution in [0.4, 0.5) is 0 Å². The van der Waals surface area contributed by atoms with Crippen LogP contribution in [-0.2, 0) is 0 Å². The van der Waals surface area contributed by atoms with Gasteiger partial charge in [0.25, 0.3) is 0 Å². The van der Waals surface area contributed by atoms with Gasteiger partial charge in [-0.15, -0.1) is 0 Å². The molecule has 0 bridgehead atoms. The summed E-state index contributed by atoms with van der Waals surface area (Å²) >= 11 is 0. The first-order chi connectivity index (χ1) is 9.25. The fourth-order valence-corrected chi connectivity index (χ4v) is 3.45. The Balaban J connectivity index is 1.44. The van der Waals surface area contributed by atoms with E-state index in [1.165, 1.54) is 37.7 Å². The number of hydrogen-bond acceptors (Lipinski definition) is 2. The van der Waals surface area contributed by atoms with E-state index >= 15 is 0 Å². The summed E-state index contributed by atoms with van der Waals surface area (Å²) in [6.07, 6.45) is 8.21. The summed E-state index contributed by atoms with van der Waals surface area (Å²) in [5.74, 6) is 0.742. The second-order valence-corrected chi connectivity index (χ2v) is 6.42. The molecule has 2 N–H and O–H groups in total. The summed E-state index contributed by atoms with van der Waals surface area (Å²) in [5, 5.41) is 13.7. The van der Waals surface area contributed by atoms with Crippen molar-refractivity contribution in [1.82, 2.24) is 5.32 Å². The Morgan fingerprint density at radius 1 is 1.05 bits per heavy atom. The summed E-state index contributed by atoms with van der Waals surface area (Å²) < 4.78 is 0. The van der Waals surface area contributed by atoms with E-state index in [4.69, 9.17) is 0 Å². The number of aliphatic hydroxyl groups is 1. The van der Waals surface area contributed by atoms with Crippen molar-refractivity contribution in [2.45, 2.75) is 62.5 Å². The van der Waals surface area contributed by atoms with Crippen LogP contribution in [0.15, 0.2) is 30.3 Å². The van der Waals surface area contributed by atoms with Crippen LogP contribution in [0, 0.1) is 0 Å². The lowest BCUT2D eigenvalue weighted by Gasteiger charge is -2.39. The van der Waals surface area contributed by atoms with Crippen molar-refractivity contribution in [3.05, 3.63) is 35.9 Å². The van der Waals surface area contributed by atoms with Crippen molar-refractivity contribution in [1.29, 1.82) is 0 Å². The van der Waals surface area contributed by atoms with Gasteiger partial charge < -0.3 is 10.4 Å². The van der Waals surface area contributed by atoms with Gasteiger partial charge in [0, 0.05) is 12.6 Å². The average molecular weight is 259 g/mol. The minimum atomic E-state index is -0.379. The molecule has 0 amide bonds. The lowest BCUT2D eigenvalue weighted by molar-refractivity contribution is -0.0340. The van der Waals surface area contributed by atoms with Crippen LogP contribution in [0.3, 0.4) is 0 Å². The molecule has 2 aliphatic carbocycles. The molecule has 2 aliphatic rings. The van der Waals surface area contributed by atoms with Gasteiger partial charge in [0.15, 0.2) is 0 Å². The van der Waals surface area contributed by atoms with E-state index in [1.54, 1.807) is 0 Å². The highest BCUT2D eigenvalue weighted by Gasteiger charge is 2.34.